The summed E-state index contributed by atoms with van der Waals surface area (Å²) < 4.78 is 34.1. The topological polar surface area (TPSA) is 83.7 Å². The molecule has 1 aromatic carbocycles. The van der Waals surface area contributed by atoms with Gasteiger partial charge in [-0.15, -0.1) is 0 Å². The van der Waals surface area contributed by atoms with Crippen molar-refractivity contribution in [2.45, 2.75) is 65.2 Å². The number of hydrogen-bond donors (Lipinski definition) is 0. The van der Waals surface area contributed by atoms with E-state index < -0.39 is 10.0 Å². The Kier molecular flexibility index (Phi) is 7.52. The maximum atomic E-state index is 13.6. The predicted octanol–water partition coefficient (Wildman–Crippen LogP) is 4.74. The summed E-state index contributed by atoms with van der Waals surface area (Å²) in [5, 5.41) is 3.97. The number of hydrogen-bond acceptors (Lipinski definition) is 5. The van der Waals surface area contributed by atoms with Crippen molar-refractivity contribution in [3.8, 4) is 0 Å². The average Bonchev–Trinajstić information content (AvgIpc) is 3.19. The van der Waals surface area contributed by atoms with E-state index in [4.69, 9.17) is 4.52 Å². The van der Waals surface area contributed by atoms with Crippen molar-refractivity contribution in [2.75, 3.05) is 26.2 Å². The molecule has 7 nitrogen and oxygen atoms in total. The first-order chi connectivity index (χ1) is 16.6. The standard InChI is InChI=1S/C27H37N3O4S/c1-18-8-12-29(13-9-18)27(31)23-10-14-30(15-11-23)35(32,33)26-22(5)28-34-25(26)7-6-24-20(3)16-19(2)17-21(24)4/h6-7,16-18,23H,8-15H2,1-5H3/b7-6+. The molecule has 2 aliphatic heterocycles. The molecule has 4 rings (SSSR count). The molecule has 8 heteroatoms. The number of sulfonamides is 1. The molecule has 2 fully saturated rings. The Balaban J connectivity index is 1.48. The van der Waals surface area contributed by atoms with Crippen LogP contribution in [0.3, 0.4) is 0 Å². The second-order valence-electron chi connectivity index (χ2n) is 10.3. The summed E-state index contributed by atoms with van der Waals surface area (Å²) in [5.74, 6) is 0.982. The lowest BCUT2D eigenvalue weighted by Crippen LogP contribution is -2.46. The summed E-state index contributed by atoms with van der Waals surface area (Å²) in [6.45, 7) is 12.3. The van der Waals surface area contributed by atoms with Crippen molar-refractivity contribution in [1.29, 1.82) is 0 Å². The van der Waals surface area contributed by atoms with Crippen LogP contribution in [0.2, 0.25) is 0 Å². The van der Waals surface area contributed by atoms with Crippen molar-refractivity contribution in [2.24, 2.45) is 11.8 Å². The Hall–Kier alpha value is -2.45. The van der Waals surface area contributed by atoms with Gasteiger partial charge in [-0.25, -0.2) is 8.42 Å². The normalized spacial score (nSPS) is 19.1. The van der Waals surface area contributed by atoms with Gasteiger partial charge in [0.25, 0.3) is 0 Å². The van der Waals surface area contributed by atoms with Gasteiger partial charge in [-0.05, 0) is 82.1 Å². The van der Waals surface area contributed by atoms with Gasteiger partial charge in [-0.2, -0.15) is 4.31 Å². The van der Waals surface area contributed by atoms with Gasteiger partial charge < -0.3 is 9.42 Å². The van der Waals surface area contributed by atoms with Crippen LogP contribution in [-0.2, 0) is 14.8 Å². The third-order valence-electron chi connectivity index (χ3n) is 7.47. The summed E-state index contributed by atoms with van der Waals surface area (Å²) >= 11 is 0. The molecular weight excluding hydrogens is 462 g/mol. The largest absolute Gasteiger partial charge is 0.355 e. The first-order valence-electron chi connectivity index (χ1n) is 12.6. The highest BCUT2D eigenvalue weighted by Gasteiger charge is 2.37. The van der Waals surface area contributed by atoms with E-state index in [-0.39, 0.29) is 22.5 Å². The quantitative estimate of drug-likeness (QED) is 0.593. The molecule has 0 saturated carbocycles. The molecule has 1 aromatic heterocycles. The number of carbonyl (C=O) groups excluding carboxylic acids is 1. The number of benzene rings is 1. The highest BCUT2D eigenvalue weighted by molar-refractivity contribution is 7.89. The fraction of sp³-hybridized carbons (Fsp3) is 0.556. The number of aryl methyl sites for hydroxylation is 4. The second kappa shape index (κ2) is 10.3. The zero-order chi connectivity index (χ0) is 25.3. The molecule has 0 atom stereocenters. The van der Waals surface area contributed by atoms with Crippen LogP contribution < -0.4 is 0 Å². The Morgan fingerprint density at radius 1 is 0.971 bits per heavy atom. The van der Waals surface area contributed by atoms with E-state index in [1.54, 1.807) is 13.0 Å². The molecule has 0 bridgehead atoms. The minimum atomic E-state index is -3.79. The third kappa shape index (κ3) is 5.38. The van der Waals surface area contributed by atoms with Crippen molar-refractivity contribution < 1.29 is 17.7 Å². The summed E-state index contributed by atoms with van der Waals surface area (Å²) in [7, 11) is -3.79. The molecule has 2 saturated heterocycles. The van der Waals surface area contributed by atoms with E-state index in [1.165, 1.54) is 9.87 Å². The molecule has 190 valence electrons. The molecule has 3 heterocycles. The Morgan fingerprint density at radius 2 is 1.57 bits per heavy atom. The van der Waals surface area contributed by atoms with Crippen LogP contribution in [0.5, 0.6) is 0 Å². The molecule has 0 unspecified atom stereocenters. The van der Waals surface area contributed by atoms with Crippen LogP contribution in [0.4, 0.5) is 0 Å². The fourth-order valence-electron chi connectivity index (χ4n) is 5.37. The molecule has 35 heavy (non-hydrogen) atoms. The Labute approximate surface area is 209 Å². The number of piperidine rings is 2. The zero-order valence-electron chi connectivity index (χ0n) is 21.5. The molecule has 2 aliphatic rings. The lowest BCUT2D eigenvalue weighted by atomic mass is 9.93. The zero-order valence-corrected chi connectivity index (χ0v) is 22.3. The van der Waals surface area contributed by atoms with Gasteiger partial charge in [0.05, 0.1) is 0 Å². The van der Waals surface area contributed by atoms with Crippen molar-refractivity contribution in [3.63, 3.8) is 0 Å². The average molecular weight is 500 g/mol. The first kappa shape index (κ1) is 25.6. The van der Waals surface area contributed by atoms with E-state index in [0.29, 0.717) is 37.5 Å². The molecular formula is C27H37N3O4S. The predicted molar refractivity (Wildman–Crippen MR) is 137 cm³/mol. The Morgan fingerprint density at radius 3 is 2.17 bits per heavy atom. The van der Waals surface area contributed by atoms with Gasteiger partial charge in [0.1, 0.15) is 5.69 Å². The van der Waals surface area contributed by atoms with Crippen molar-refractivity contribution in [3.05, 3.63) is 45.8 Å². The van der Waals surface area contributed by atoms with Crippen LogP contribution in [0.25, 0.3) is 12.2 Å². The molecule has 0 spiro atoms. The van der Waals surface area contributed by atoms with Crippen LogP contribution in [0.1, 0.15) is 66.3 Å². The summed E-state index contributed by atoms with van der Waals surface area (Å²) in [4.78, 5) is 15.1. The van der Waals surface area contributed by atoms with Crippen LogP contribution in [-0.4, -0.2) is 54.9 Å². The number of aromatic nitrogens is 1. The lowest BCUT2D eigenvalue weighted by Gasteiger charge is -2.36. The van der Waals surface area contributed by atoms with Crippen LogP contribution in [0.15, 0.2) is 21.6 Å². The van der Waals surface area contributed by atoms with Gasteiger partial charge in [0.15, 0.2) is 10.7 Å². The summed E-state index contributed by atoms with van der Waals surface area (Å²) in [6, 6.07) is 4.21. The van der Waals surface area contributed by atoms with E-state index in [2.05, 4.69) is 31.1 Å². The maximum Gasteiger partial charge on any atom is 0.248 e. The minimum Gasteiger partial charge on any atom is -0.355 e. The van der Waals surface area contributed by atoms with E-state index in [0.717, 1.165) is 42.6 Å². The fourth-order valence-corrected chi connectivity index (χ4v) is 7.09. The van der Waals surface area contributed by atoms with Gasteiger partial charge in [0.2, 0.25) is 15.9 Å². The number of likely N-dealkylation sites (tertiary alicyclic amines) is 1. The smallest absolute Gasteiger partial charge is 0.248 e. The highest BCUT2D eigenvalue weighted by Crippen LogP contribution is 2.31. The molecule has 0 aliphatic carbocycles. The van der Waals surface area contributed by atoms with E-state index in [1.807, 2.05) is 24.8 Å². The first-order valence-corrected chi connectivity index (χ1v) is 14.0. The summed E-state index contributed by atoms with van der Waals surface area (Å²) in [5.41, 5.74) is 4.82. The maximum absolute atomic E-state index is 13.6. The lowest BCUT2D eigenvalue weighted by molar-refractivity contribution is -0.138. The second-order valence-corrected chi connectivity index (χ2v) is 12.2. The van der Waals surface area contributed by atoms with Crippen LogP contribution in [0, 0.1) is 39.5 Å². The Bertz CT molecular complexity index is 1190. The van der Waals surface area contributed by atoms with E-state index in [9.17, 15) is 13.2 Å². The summed E-state index contributed by atoms with van der Waals surface area (Å²) in [6.07, 6.45) is 6.77. The minimum absolute atomic E-state index is 0.106. The molecule has 0 N–H and O–H groups in total. The third-order valence-corrected chi connectivity index (χ3v) is 9.53. The van der Waals surface area contributed by atoms with Gasteiger partial charge in [-0.1, -0.05) is 35.9 Å². The number of amides is 1. The van der Waals surface area contributed by atoms with Crippen molar-refractivity contribution in [1.82, 2.24) is 14.4 Å². The van der Waals surface area contributed by atoms with Gasteiger partial charge >= 0.3 is 0 Å². The van der Waals surface area contributed by atoms with Gasteiger partial charge in [-0.3, -0.25) is 4.79 Å². The molecule has 1 amide bonds. The number of nitrogens with zero attached hydrogens (tertiary/aromatic N) is 3. The van der Waals surface area contributed by atoms with Crippen LogP contribution >= 0.6 is 0 Å². The highest BCUT2D eigenvalue weighted by atomic mass is 32.2. The SMILES string of the molecule is Cc1cc(C)c(/C=C/c2onc(C)c2S(=O)(=O)N2CCC(C(=O)N3CCC(C)CC3)CC2)c(C)c1. The number of carbonyl (C=O) groups is 1. The molecule has 0 radical (unpaired) electrons. The van der Waals surface area contributed by atoms with Crippen molar-refractivity contribution >= 4 is 28.1 Å². The number of rotatable bonds is 5. The van der Waals surface area contributed by atoms with E-state index >= 15 is 0 Å². The van der Waals surface area contributed by atoms with Gasteiger partial charge in [0, 0.05) is 32.1 Å². The molecule has 2 aromatic rings. The monoisotopic (exact) mass is 499 g/mol.